The number of benzene rings is 2. The number of hydrogen-bond acceptors (Lipinski definition) is 3. The molecule has 4 heteroatoms. The van der Waals surface area contributed by atoms with Crippen LogP contribution in [0.15, 0.2) is 79.0 Å². The summed E-state index contributed by atoms with van der Waals surface area (Å²) in [6, 6.07) is 24.3. The Morgan fingerprint density at radius 1 is 0.966 bits per heavy atom. The average molecular weight is 386 g/mol. The van der Waals surface area contributed by atoms with Crippen molar-refractivity contribution in [2.75, 3.05) is 29.9 Å². The molecule has 1 amide bonds. The van der Waals surface area contributed by atoms with Gasteiger partial charge in [0.15, 0.2) is 0 Å². The highest BCUT2D eigenvalue weighted by Gasteiger charge is 2.21. The topological polar surface area (TPSA) is 36.4 Å². The third kappa shape index (κ3) is 4.65. The van der Waals surface area contributed by atoms with Crippen LogP contribution < -0.4 is 9.80 Å². The maximum absolute atomic E-state index is 12.7. The summed E-state index contributed by atoms with van der Waals surface area (Å²) >= 11 is 0. The number of aromatic nitrogens is 1. The molecule has 4 rings (SSSR count). The number of amides is 1. The van der Waals surface area contributed by atoms with Gasteiger partial charge in [-0.15, -0.1) is 0 Å². The number of carbonyl (C=O) groups is 1. The summed E-state index contributed by atoms with van der Waals surface area (Å²) in [5.41, 5.74) is 3.86. The van der Waals surface area contributed by atoms with Gasteiger partial charge in [-0.1, -0.05) is 48.5 Å². The van der Waals surface area contributed by atoms with Crippen LogP contribution in [-0.2, 0) is 6.42 Å². The Kier molecular flexibility index (Phi) is 5.89. The van der Waals surface area contributed by atoms with E-state index >= 15 is 0 Å². The highest BCUT2D eigenvalue weighted by molar-refractivity contribution is 6.04. The molecule has 1 saturated heterocycles. The van der Waals surface area contributed by atoms with Crippen LogP contribution >= 0.6 is 0 Å². The first kappa shape index (κ1) is 19.2. The van der Waals surface area contributed by atoms with Crippen LogP contribution in [0.4, 0.5) is 11.4 Å². The SMILES string of the molecule is CN(C(=O)c1ccc(N2CCC(Cc3ccccc3)CC2)cn1)c1ccccc1. The molecule has 148 valence electrons. The van der Waals surface area contributed by atoms with Crippen molar-refractivity contribution in [3.05, 3.63) is 90.3 Å². The van der Waals surface area contributed by atoms with Crippen molar-refractivity contribution < 1.29 is 4.79 Å². The summed E-state index contributed by atoms with van der Waals surface area (Å²) < 4.78 is 0. The Morgan fingerprint density at radius 3 is 2.24 bits per heavy atom. The van der Waals surface area contributed by atoms with Gasteiger partial charge in [-0.2, -0.15) is 0 Å². The summed E-state index contributed by atoms with van der Waals surface area (Å²) in [7, 11) is 1.78. The molecule has 1 aromatic heterocycles. The van der Waals surface area contributed by atoms with Gasteiger partial charge < -0.3 is 9.80 Å². The predicted octanol–water partition coefficient (Wildman–Crippen LogP) is 4.82. The fourth-order valence-electron chi connectivity index (χ4n) is 3.98. The molecule has 1 aliphatic rings. The minimum Gasteiger partial charge on any atom is -0.370 e. The van der Waals surface area contributed by atoms with E-state index in [4.69, 9.17) is 0 Å². The number of anilines is 2. The third-order valence-electron chi connectivity index (χ3n) is 5.76. The van der Waals surface area contributed by atoms with E-state index in [1.165, 1.54) is 18.4 Å². The molecule has 0 atom stereocenters. The Bertz CT molecular complexity index is 917. The molecule has 2 heterocycles. The first-order chi connectivity index (χ1) is 14.2. The van der Waals surface area contributed by atoms with Crippen molar-refractivity contribution in [3.8, 4) is 0 Å². The molecule has 0 N–H and O–H groups in total. The monoisotopic (exact) mass is 385 g/mol. The van der Waals surface area contributed by atoms with E-state index in [0.29, 0.717) is 5.69 Å². The lowest BCUT2D eigenvalue weighted by atomic mass is 9.90. The molecule has 1 fully saturated rings. The van der Waals surface area contributed by atoms with Crippen LogP contribution in [0.5, 0.6) is 0 Å². The molecule has 0 bridgehead atoms. The predicted molar refractivity (Wildman–Crippen MR) is 118 cm³/mol. The zero-order valence-corrected chi connectivity index (χ0v) is 16.9. The average Bonchev–Trinajstić information content (AvgIpc) is 2.80. The normalized spacial score (nSPS) is 14.6. The fraction of sp³-hybridized carbons (Fsp3) is 0.280. The number of nitrogens with zero attached hydrogens (tertiary/aromatic N) is 3. The van der Waals surface area contributed by atoms with E-state index in [2.05, 4.69) is 40.2 Å². The van der Waals surface area contributed by atoms with Crippen LogP contribution in [0, 0.1) is 5.92 Å². The lowest BCUT2D eigenvalue weighted by Gasteiger charge is -2.33. The largest absolute Gasteiger partial charge is 0.370 e. The second-order valence-corrected chi connectivity index (χ2v) is 7.72. The van der Waals surface area contributed by atoms with E-state index in [-0.39, 0.29) is 5.91 Å². The molecular weight excluding hydrogens is 358 g/mol. The van der Waals surface area contributed by atoms with Crippen LogP contribution in [0.1, 0.15) is 28.9 Å². The van der Waals surface area contributed by atoms with Crippen LogP contribution in [0.25, 0.3) is 0 Å². The zero-order valence-electron chi connectivity index (χ0n) is 16.9. The quantitative estimate of drug-likeness (QED) is 0.632. The number of pyridine rings is 1. The highest BCUT2D eigenvalue weighted by Crippen LogP contribution is 2.25. The number of piperidine rings is 1. The third-order valence-corrected chi connectivity index (χ3v) is 5.76. The van der Waals surface area contributed by atoms with E-state index in [9.17, 15) is 4.79 Å². The molecule has 4 nitrogen and oxygen atoms in total. The van der Waals surface area contributed by atoms with Gasteiger partial charge in [0.1, 0.15) is 5.69 Å². The van der Waals surface area contributed by atoms with Crippen molar-refractivity contribution in [1.82, 2.24) is 4.98 Å². The van der Waals surface area contributed by atoms with Crippen molar-refractivity contribution in [2.45, 2.75) is 19.3 Å². The second kappa shape index (κ2) is 8.91. The highest BCUT2D eigenvalue weighted by atomic mass is 16.2. The van der Waals surface area contributed by atoms with Crippen LogP contribution in [-0.4, -0.2) is 31.0 Å². The lowest BCUT2D eigenvalue weighted by molar-refractivity contribution is 0.0988. The first-order valence-electron chi connectivity index (χ1n) is 10.3. The molecule has 3 aromatic rings. The maximum Gasteiger partial charge on any atom is 0.276 e. The maximum atomic E-state index is 12.7. The second-order valence-electron chi connectivity index (χ2n) is 7.72. The number of hydrogen-bond donors (Lipinski definition) is 0. The Hall–Kier alpha value is -3.14. The van der Waals surface area contributed by atoms with Gasteiger partial charge in [-0.25, -0.2) is 4.98 Å². The first-order valence-corrected chi connectivity index (χ1v) is 10.3. The smallest absolute Gasteiger partial charge is 0.276 e. The van der Waals surface area contributed by atoms with Gasteiger partial charge in [0.05, 0.1) is 11.9 Å². The molecule has 2 aromatic carbocycles. The number of rotatable bonds is 5. The molecule has 29 heavy (non-hydrogen) atoms. The van der Waals surface area contributed by atoms with Crippen molar-refractivity contribution >= 4 is 17.3 Å². The van der Waals surface area contributed by atoms with Crippen LogP contribution in [0.3, 0.4) is 0 Å². The molecular formula is C25H27N3O. The summed E-state index contributed by atoms with van der Waals surface area (Å²) in [6.45, 7) is 2.08. The number of para-hydroxylation sites is 1. The fourth-order valence-corrected chi connectivity index (χ4v) is 3.98. The molecule has 0 aliphatic carbocycles. The van der Waals surface area contributed by atoms with E-state index in [0.717, 1.165) is 36.8 Å². The van der Waals surface area contributed by atoms with Gasteiger partial charge in [0.25, 0.3) is 5.91 Å². The molecule has 0 radical (unpaired) electrons. The lowest BCUT2D eigenvalue weighted by Crippen LogP contribution is -2.34. The molecule has 0 unspecified atom stereocenters. The van der Waals surface area contributed by atoms with Gasteiger partial charge in [0.2, 0.25) is 0 Å². The summed E-state index contributed by atoms with van der Waals surface area (Å²) in [6.07, 6.45) is 5.37. The summed E-state index contributed by atoms with van der Waals surface area (Å²) in [4.78, 5) is 21.2. The van der Waals surface area contributed by atoms with Crippen molar-refractivity contribution in [3.63, 3.8) is 0 Å². The minimum atomic E-state index is -0.0932. The van der Waals surface area contributed by atoms with E-state index in [1.54, 1.807) is 11.9 Å². The van der Waals surface area contributed by atoms with Crippen molar-refractivity contribution in [1.29, 1.82) is 0 Å². The van der Waals surface area contributed by atoms with Gasteiger partial charge in [-0.05, 0) is 55.0 Å². The summed E-state index contributed by atoms with van der Waals surface area (Å²) in [5.74, 6) is 0.645. The molecule has 1 aliphatic heterocycles. The molecule has 0 saturated carbocycles. The zero-order chi connectivity index (χ0) is 20.1. The Labute approximate surface area is 172 Å². The minimum absolute atomic E-state index is 0.0932. The Morgan fingerprint density at radius 2 is 1.62 bits per heavy atom. The van der Waals surface area contributed by atoms with Gasteiger partial charge >= 0.3 is 0 Å². The van der Waals surface area contributed by atoms with E-state index < -0.39 is 0 Å². The number of carbonyl (C=O) groups excluding carboxylic acids is 1. The Balaban J connectivity index is 1.34. The summed E-state index contributed by atoms with van der Waals surface area (Å²) in [5, 5.41) is 0. The standard InChI is InChI=1S/C25H27N3O/c1-27(22-10-6-3-7-11-22)25(29)24-13-12-23(19-26-24)28-16-14-21(15-17-28)18-20-8-4-2-5-9-20/h2-13,19,21H,14-18H2,1H3. The van der Waals surface area contributed by atoms with Crippen molar-refractivity contribution in [2.24, 2.45) is 5.92 Å². The van der Waals surface area contributed by atoms with Gasteiger partial charge in [-0.3, -0.25) is 4.79 Å². The molecule has 0 spiro atoms. The van der Waals surface area contributed by atoms with Crippen LogP contribution in [0.2, 0.25) is 0 Å². The van der Waals surface area contributed by atoms with Gasteiger partial charge in [0, 0.05) is 25.8 Å². The van der Waals surface area contributed by atoms with E-state index in [1.807, 2.05) is 48.7 Å².